The Morgan fingerprint density at radius 1 is 0.652 bits per heavy atom. The molecule has 1 aliphatic rings. The molecule has 0 aromatic heterocycles. The van der Waals surface area contributed by atoms with Crippen molar-refractivity contribution in [1.29, 1.82) is 0 Å². The van der Waals surface area contributed by atoms with E-state index in [4.69, 9.17) is 39.9 Å². The summed E-state index contributed by atoms with van der Waals surface area (Å²) in [6.07, 6.45) is -1.11. The van der Waals surface area contributed by atoms with E-state index in [1.807, 2.05) is 48.5 Å². The molecular weight excluding hydrogens is 855 g/mol. The Labute approximate surface area is 386 Å². The zero-order chi connectivity index (χ0) is 47.7. The van der Waals surface area contributed by atoms with Gasteiger partial charge in [0.2, 0.25) is 17.7 Å². The molecule has 3 aromatic rings. The van der Waals surface area contributed by atoms with Gasteiger partial charge in [0, 0.05) is 44.2 Å². The van der Waals surface area contributed by atoms with Gasteiger partial charge in [0.05, 0.1) is 66.1 Å². The Hall–Kier alpha value is -5.83. The highest BCUT2D eigenvalue weighted by atomic mass is 16.6. The minimum atomic E-state index is -1.20. The Morgan fingerprint density at radius 2 is 1.17 bits per heavy atom. The lowest BCUT2D eigenvalue weighted by Crippen LogP contribution is -2.58. The molecular formula is C47H67N7O12. The third kappa shape index (κ3) is 17.5. The van der Waals surface area contributed by atoms with E-state index in [1.54, 1.807) is 26.0 Å². The number of nitrogens with one attached hydrogen (secondary N) is 4. The summed E-state index contributed by atoms with van der Waals surface area (Å²) < 4.78 is 33.3. The van der Waals surface area contributed by atoms with Gasteiger partial charge in [0.1, 0.15) is 23.9 Å². The number of ether oxygens (including phenoxy) is 6. The second kappa shape index (κ2) is 28.9. The fourth-order valence-electron chi connectivity index (χ4n) is 7.29. The van der Waals surface area contributed by atoms with Crippen LogP contribution >= 0.6 is 0 Å². The SMILES string of the molecule is CC(C)[C@@H](C(=O)N[C@@H](CCCNC(N)=O)C(=O)N[C@@H](Cc1ccc(O)cc1)C(=O)NCCOCCOCCOCCOCCOCCN)N(C)C(=O)OC1c2ccccc2-c2ccccc21. The Kier molecular flexibility index (Phi) is 23.2. The molecule has 0 saturated carbocycles. The van der Waals surface area contributed by atoms with Gasteiger partial charge in [-0.2, -0.15) is 0 Å². The Bertz CT molecular complexity index is 1930. The number of fused-ring (bicyclic) bond motifs is 3. The summed E-state index contributed by atoms with van der Waals surface area (Å²) in [6, 6.07) is 17.4. The number of phenolic OH excluding ortho intramolecular Hbond substituents is 1. The van der Waals surface area contributed by atoms with Crippen LogP contribution in [0.4, 0.5) is 9.59 Å². The third-order valence-electron chi connectivity index (χ3n) is 10.5. The molecule has 0 aliphatic heterocycles. The molecule has 0 heterocycles. The van der Waals surface area contributed by atoms with Crippen molar-refractivity contribution in [2.75, 3.05) is 92.8 Å². The van der Waals surface area contributed by atoms with Crippen LogP contribution in [0.25, 0.3) is 11.1 Å². The molecule has 0 unspecified atom stereocenters. The number of carbonyl (C=O) groups excluding carboxylic acids is 5. The summed E-state index contributed by atoms with van der Waals surface area (Å²) in [7, 11) is 1.47. The van der Waals surface area contributed by atoms with E-state index < -0.39 is 60.0 Å². The molecule has 19 heteroatoms. The fourth-order valence-corrected chi connectivity index (χ4v) is 7.29. The highest BCUT2D eigenvalue weighted by Gasteiger charge is 2.37. The number of carbonyl (C=O) groups is 5. The third-order valence-corrected chi connectivity index (χ3v) is 10.5. The average Bonchev–Trinajstić information content (AvgIpc) is 3.61. The second-order valence-corrected chi connectivity index (χ2v) is 15.8. The molecule has 9 N–H and O–H groups in total. The molecule has 1 aliphatic carbocycles. The molecule has 3 atom stereocenters. The Balaban J connectivity index is 1.33. The van der Waals surface area contributed by atoms with E-state index in [9.17, 15) is 29.1 Å². The van der Waals surface area contributed by atoms with E-state index in [2.05, 4.69) is 21.3 Å². The van der Waals surface area contributed by atoms with Gasteiger partial charge in [0.25, 0.3) is 0 Å². The number of rotatable bonds is 31. The van der Waals surface area contributed by atoms with Crippen molar-refractivity contribution >= 4 is 29.8 Å². The fraction of sp³-hybridized carbons (Fsp3) is 0.511. The number of likely N-dealkylation sites (N-methyl/N-ethyl adjacent to an activating group) is 1. The van der Waals surface area contributed by atoms with Crippen molar-refractivity contribution in [3.8, 4) is 16.9 Å². The maximum absolute atomic E-state index is 14.2. The molecule has 0 radical (unpaired) electrons. The molecule has 0 bridgehead atoms. The number of amides is 6. The quantitative estimate of drug-likeness (QED) is 0.0458. The lowest BCUT2D eigenvalue weighted by molar-refractivity contribution is -0.134. The van der Waals surface area contributed by atoms with E-state index >= 15 is 0 Å². The van der Waals surface area contributed by atoms with Gasteiger partial charge in [0.15, 0.2) is 6.10 Å². The standard InChI is InChI=1S/C47H67N7O12/c1-32(2)41(54(3)47(60)66-42-37-11-6-4-9-35(37)36-10-5-7-12-38(36)42)45(58)52-39(13-8-19-51-46(49)59)44(57)53-40(31-33-14-16-34(55)17-15-33)43(56)50-20-22-62-24-26-64-28-30-65-29-27-63-25-23-61-21-18-48/h4-7,9-12,14-17,32,39-42,55H,8,13,18-31,48H2,1-3H3,(H,50,56)(H,52,58)(H,53,57)(H3,49,51,59)/t39-,40-,41-/m0/s1. The van der Waals surface area contributed by atoms with Gasteiger partial charge >= 0.3 is 12.1 Å². The number of urea groups is 1. The predicted octanol–water partition coefficient (Wildman–Crippen LogP) is 2.37. The molecule has 6 amide bonds. The summed E-state index contributed by atoms with van der Waals surface area (Å²) in [6.45, 7) is 8.07. The first kappa shape index (κ1) is 52.8. The average molecular weight is 922 g/mol. The van der Waals surface area contributed by atoms with Crippen LogP contribution in [0.3, 0.4) is 0 Å². The summed E-state index contributed by atoms with van der Waals surface area (Å²) in [5.74, 6) is -2.21. The van der Waals surface area contributed by atoms with Crippen LogP contribution in [0.1, 0.15) is 49.5 Å². The van der Waals surface area contributed by atoms with E-state index in [1.165, 1.54) is 24.1 Å². The maximum Gasteiger partial charge on any atom is 0.411 e. The number of hydrogen-bond acceptors (Lipinski definition) is 13. The van der Waals surface area contributed by atoms with Crippen LogP contribution in [-0.4, -0.2) is 151 Å². The number of benzene rings is 3. The largest absolute Gasteiger partial charge is 0.508 e. The molecule has 19 nitrogen and oxygen atoms in total. The van der Waals surface area contributed by atoms with Crippen molar-refractivity contribution < 1.29 is 57.5 Å². The van der Waals surface area contributed by atoms with Crippen molar-refractivity contribution in [3.63, 3.8) is 0 Å². The number of nitrogens with two attached hydrogens (primary N) is 2. The van der Waals surface area contributed by atoms with Crippen molar-refractivity contribution in [3.05, 3.63) is 89.5 Å². The number of hydrogen-bond donors (Lipinski definition) is 7. The highest BCUT2D eigenvalue weighted by Crippen LogP contribution is 2.45. The van der Waals surface area contributed by atoms with E-state index in [0.717, 1.165) is 22.3 Å². The minimum absolute atomic E-state index is 0.0297. The molecule has 0 spiro atoms. The number of nitrogens with zero attached hydrogens (tertiary/aromatic N) is 1. The molecule has 0 fully saturated rings. The summed E-state index contributed by atoms with van der Waals surface area (Å²) in [5, 5.41) is 20.7. The van der Waals surface area contributed by atoms with Gasteiger partial charge in [-0.25, -0.2) is 9.59 Å². The van der Waals surface area contributed by atoms with Crippen LogP contribution in [0.15, 0.2) is 72.8 Å². The summed E-state index contributed by atoms with van der Waals surface area (Å²) >= 11 is 0. The summed E-state index contributed by atoms with van der Waals surface area (Å²) in [5.41, 5.74) is 14.8. The van der Waals surface area contributed by atoms with Crippen molar-refractivity contribution in [2.45, 2.75) is 57.3 Å². The number of aromatic hydroxyl groups is 1. The first-order valence-corrected chi connectivity index (χ1v) is 22.3. The van der Waals surface area contributed by atoms with Crippen LogP contribution in [0, 0.1) is 5.92 Å². The van der Waals surface area contributed by atoms with Crippen LogP contribution < -0.4 is 32.7 Å². The van der Waals surface area contributed by atoms with Crippen LogP contribution in [0.5, 0.6) is 5.75 Å². The molecule has 0 saturated heterocycles. The van der Waals surface area contributed by atoms with Crippen molar-refractivity contribution in [2.24, 2.45) is 17.4 Å². The van der Waals surface area contributed by atoms with Gasteiger partial charge in [-0.3, -0.25) is 19.3 Å². The lowest BCUT2D eigenvalue weighted by Gasteiger charge is -2.32. The van der Waals surface area contributed by atoms with E-state index in [-0.39, 0.29) is 51.3 Å². The van der Waals surface area contributed by atoms with Gasteiger partial charge < -0.3 is 66.3 Å². The highest BCUT2D eigenvalue weighted by molar-refractivity contribution is 5.94. The normalized spacial score (nSPS) is 13.2. The first-order chi connectivity index (χ1) is 31.9. The molecule has 66 heavy (non-hydrogen) atoms. The van der Waals surface area contributed by atoms with Gasteiger partial charge in [-0.15, -0.1) is 0 Å². The smallest absolute Gasteiger partial charge is 0.411 e. The molecule has 3 aromatic carbocycles. The number of primary amides is 1. The molecule has 362 valence electrons. The lowest BCUT2D eigenvalue weighted by atomic mass is 10.0. The van der Waals surface area contributed by atoms with Crippen molar-refractivity contribution in [1.82, 2.24) is 26.2 Å². The topological polar surface area (TPSA) is 264 Å². The zero-order valence-corrected chi connectivity index (χ0v) is 38.2. The minimum Gasteiger partial charge on any atom is -0.508 e. The second-order valence-electron chi connectivity index (χ2n) is 15.8. The van der Waals surface area contributed by atoms with Gasteiger partial charge in [-0.1, -0.05) is 74.5 Å². The zero-order valence-electron chi connectivity index (χ0n) is 38.2. The first-order valence-electron chi connectivity index (χ1n) is 22.3. The van der Waals surface area contributed by atoms with E-state index in [0.29, 0.717) is 65.0 Å². The summed E-state index contributed by atoms with van der Waals surface area (Å²) in [4.78, 5) is 68.4. The number of phenols is 1. The molecule has 4 rings (SSSR count). The maximum atomic E-state index is 14.2. The monoisotopic (exact) mass is 921 g/mol. The van der Waals surface area contributed by atoms with Crippen LogP contribution in [0.2, 0.25) is 0 Å². The van der Waals surface area contributed by atoms with Gasteiger partial charge in [-0.05, 0) is 47.6 Å². The van der Waals surface area contributed by atoms with Crippen LogP contribution in [-0.2, 0) is 49.2 Å². The predicted molar refractivity (Wildman–Crippen MR) is 245 cm³/mol. The Morgan fingerprint density at radius 3 is 1.70 bits per heavy atom.